The molecule has 1 N–H and O–H groups in total. The van der Waals surface area contributed by atoms with Crippen LogP contribution < -0.4 is 5.32 Å². The highest BCUT2D eigenvalue weighted by atomic mass is 35.5. The van der Waals surface area contributed by atoms with Crippen molar-refractivity contribution in [1.82, 2.24) is 10.2 Å². The second-order valence-corrected chi connectivity index (χ2v) is 6.15. The highest BCUT2D eigenvalue weighted by Gasteiger charge is 2.19. The number of carbonyl (C=O) groups is 1. The molecule has 0 unspecified atom stereocenters. The molecule has 118 valence electrons. The molecule has 6 heteroatoms. The van der Waals surface area contributed by atoms with Crippen LogP contribution in [-0.2, 0) is 0 Å². The molecule has 0 atom stereocenters. The molecule has 0 radical (unpaired) electrons. The van der Waals surface area contributed by atoms with Crippen LogP contribution in [0.1, 0.15) is 16.1 Å². The molecule has 0 spiro atoms. The molecule has 1 aliphatic rings. The molecule has 1 aliphatic heterocycles. The van der Waals surface area contributed by atoms with Crippen molar-refractivity contribution in [3.05, 3.63) is 47.1 Å². The minimum Gasteiger partial charge on any atom is -0.337 e. The summed E-state index contributed by atoms with van der Waals surface area (Å²) in [7, 11) is 0. The maximum absolute atomic E-state index is 13.0. The van der Waals surface area contributed by atoms with Crippen LogP contribution in [0.25, 0.3) is 10.4 Å². The molecular weight excluding hydrogens is 323 g/mol. The van der Waals surface area contributed by atoms with Crippen molar-refractivity contribution in [1.29, 1.82) is 0 Å². The predicted molar refractivity (Wildman–Crippen MR) is 90.4 cm³/mol. The van der Waals surface area contributed by atoms with Gasteiger partial charge < -0.3 is 10.2 Å². The van der Waals surface area contributed by atoms with Crippen LogP contribution >= 0.6 is 23.7 Å². The fraction of sp³-hybridized carbons (Fsp3) is 0.312. The fourth-order valence-corrected chi connectivity index (χ4v) is 3.41. The van der Waals surface area contributed by atoms with Gasteiger partial charge in [-0.05, 0) is 42.8 Å². The maximum Gasteiger partial charge on any atom is 0.263 e. The van der Waals surface area contributed by atoms with Crippen LogP contribution in [0.5, 0.6) is 0 Å². The van der Waals surface area contributed by atoms with Gasteiger partial charge in [-0.1, -0.05) is 12.1 Å². The number of benzene rings is 1. The van der Waals surface area contributed by atoms with Crippen molar-refractivity contribution >= 4 is 29.7 Å². The van der Waals surface area contributed by atoms with Crippen molar-refractivity contribution in [3.63, 3.8) is 0 Å². The second-order valence-electron chi connectivity index (χ2n) is 5.07. The zero-order valence-corrected chi connectivity index (χ0v) is 13.7. The Morgan fingerprint density at radius 3 is 2.64 bits per heavy atom. The van der Waals surface area contributed by atoms with E-state index in [9.17, 15) is 9.18 Å². The lowest BCUT2D eigenvalue weighted by Crippen LogP contribution is -2.33. The van der Waals surface area contributed by atoms with E-state index in [1.165, 1.54) is 23.5 Å². The molecule has 2 aromatic rings. The molecule has 2 heterocycles. The normalized spacial score (nSPS) is 15.0. The zero-order chi connectivity index (χ0) is 14.7. The summed E-state index contributed by atoms with van der Waals surface area (Å²) in [5.74, 6) is -0.152. The zero-order valence-electron chi connectivity index (χ0n) is 12.0. The van der Waals surface area contributed by atoms with E-state index in [2.05, 4.69) is 5.32 Å². The number of nitrogens with one attached hydrogen (secondary N) is 1. The lowest BCUT2D eigenvalue weighted by molar-refractivity contribution is 0.0771. The summed E-state index contributed by atoms with van der Waals surface area (Å²) >= 11 is 1.47. The number of halogens is 2. The van der Waals surface area contributed by atoms with Gasteiger partial charge in [0.2, 0.25) is 0 Å². The Kier molecular flexibility index (Phi) is 5.94. The molecule has 3 nitrogen and oxygen atoms in total. The quantitative estimate of drug-likeness (QED) is 0.908. The van der Waals surface area contributed by atoms with Gasteiger partial charge in [-0.25, -0.2) is 4.39 Å². The summed E-state index contributed by atoms with van der Waals surface area (Å²) < 4.78 is 13.0. The average Bonchev–Trinajstić information content (AvgIpc) is 2.83. The largest absolute Gasteiger partial charge is 0.337 e. The predicted octanol–water partition coefficient (Wildman–Crippen LogP) is 3.41. The highest BCUT2D eigenvalue weighted by Crippen LogP contribution is 2.29. The molecule has 1 amide bonds. The van der Waals surface area contributed by atoms with Crippen molar-refractivity contribution < 1.29 is 9.18 Å². The molecule has 0 aliphatic carbocycles. The van der Waals surface area contributed by atoms with Gasteiger partial charge >= 0.3 is 0 Å². The fourth-order valence-electron chi connectivity index (χ4n) is 2.43. The smallest absolute Gasteiger partial charge is 0.263 e. The SMILES string of the molecule is Cl.O=C(c1ccc(-c2ccc(F)cc2)s1)N1CCCNCC1. The number of thiophene rings is 1. The van der Waals surface area contributed by atoms with Crippen molar-refractivity contribution in [2.45, 2.75) is 6.42 Å². The number of amides is 1. The summed E-state index contributed by atoms with van der Waals surface area (Å²) in [5, 5.41) is 3.29. The van der Waals surface area contributed by atoms with Crippen LogP contribution in [0.4, 0.5) is 4.39 Å². The molecular formula is C16H18ClFN2OS. The summed E-state index contributed by atoms with van der Waals surface area (Å²) in [6.07, 6.45) is 0.988. The van der Waals surface area contributed by atoms with Gasteiger partial charge in [-0.15, -0.1) is 23.7 Å². The summed E-state index contributed by atoms with van der Waals surface area (Å²) in [4.78, 5) is 16.1. The molecule has 3 rings (SSSR count). The molecule has 0 saturated carbocycles. The maximum atomic E-state index is 13.0. The van der Waals surface area contributed by atoms with Gasteiger partial charge in [0.25, 0.3) is 5.91 Å². The molecule has 22 heavy (non-hydrogen) atoms. The Balaban J connectivity index is 0.00000176. The Hall–Kier alpha value is -1.43. The van der Waals surface area contributed by atoms with Crippen molar-refractivity contribution in [2.75, 3.05) is 26.2 Å². The molecule has 1 fully saturated rings. The van der Waals surface area contributed by atoms with E-state index in [1.54, 1.807) is 12.1 Å². The monoisotopic (exact) mass is 340 g/mol. The Bertz CT molecular complexity index is 621. The third kappa shape index (κ3) is 3.85. The topological polar surface area (TPSA) is 32.3 Å². The highest BCUT2D eigenvalue weighted by molar-refractivity contribution is 7.17. The summed E-state index contributed by atoms with van der Waals surface area (Å²) in [5.41, 5.74) is 0.943. The summed E-state index contributed by atoms with van der Waals surface area (Å²) in [6.45, 7) is 3.37. The average molecular weight is 341 g/mol. The second kappa shape index (κ2) is 7.72. The van der Waals surface area contributed by atoms with Crippen LogP contribution in [0.3, 0.4) is 0 Å². The number of hydrogen-bond donors (Lipinski definition) is 1. The number of rotatable bonds is 2. The number of hydrogen-bond acceptors (Lipinski definition) is 3. The van der Waals surface area contributed by atoms with Crippen LogP contribution in [0, 0.1) is 5.82 Å². The van der Waals surface area contributed by atoms with Crippen LogP contribution in [0.2, 0.25) is 0 Å². The lowest BCUT2D eigenvalue weighted by Gasteiger charge is -2.18. The molecule has 0 bridgehead atoms. The Morgan fingerprint density at radius 1 is 1.09 bits per heavy atom. The minimum atomic E-state index is -0.247. The first-order chi connectivity index (χ1) is 10.2. The Morgan fingerprint density at radius 2 is 1.86 bits per heavy atom. The van der Waals surface area contributed by atoms with E-state index in [0.29, 0.717) is 0 Å². The van der Waals surface area contributed by atoms with E-state index >= 15 is 0 Å². The third-order valence-corrected chi connectivity index (χ3v) is 4.70. The van der Waals surface area contributed by atoms with Gasteiger partial charge in [0.1, 0.15) is 5.82 Å². The molecule has 1 aromatic heterocycles. The van der Waals surface area contributed by atoms with Gasteiger partial charge in [0.05, 0.1) is 4.88 Å². The van der Waals surface area contributed by atoms with Crippen LogP contribution in [0.15, 0.2) is 36.4 Å². The first-order valence-corrected chi connectivity index (χ1v) is 7.91. The van der Waals surface area contributed by atoms with E-state index in [0.717, 1.165) is 47.9 Å². The van der Waals surface area contributed by atoms with Crippen molar-refractivity contribution in [3.8, 4) is 10.4 Å². The molecule has 1 saturated heterocycles. The lowest BCUT2D eigenvalue weighted by atomic mass is 10.2. The number of carbonyl (C=O) groups excluding carboxylic acids is 1. The van der Waals surface area contributed by atoms with Crippen molar-refractivity contribution in [2.24, 2.45) is 0 Å². The summed E-state index contributed by atoms with van der Waals surface area (Å²) in [6, 6.07) is 10.2. The number of nitrogens with zero attached hydrogens (tertiary/aromatic N) is 1. The van der Waals surface area contributed by atoms with Crippen LogP contribution in [-0.4, -0.2) is 37.0 Å². The first kappa shape index (κ1) is 16.9. The first-order valence-electron chi connectivity index (χ1n) is 7.10. The van der Waals surface area contributed by atoms with E-state index in [-0.39, 0.29) is 24.1 Å². The standard InChI is InChI=1S/C16H17FN2OS.ClH/c17-13-4-2-12(3-5-13)14-6-7-15(21-14)16(20)19-10-1-8-18-9-11-19;/h2-7,18H,1,8-11H2;1H. The van der Waals surface area contributed by atoms with E-state index in [4.69, 9.17) is 0 Å². The van der Waals surface area contributed by atoms with Gasteiger partial charge in [0.15, 0.2) is 0 Å². The third-order valence-electron chi connectivity index (χ3n) is 3.57. The molecule has 1 aromatic carbocycles. The van der Waals surface area contributed by atoms with Gasteiger partial charge in [-0.2, -0.15) is 0 Å². The Labute approximate surface area is 139 Å². The minimum absolute atomic E-state index is 0. The van der Waals surface area contributed by atoms with E-state index in [1.807, 2.05) is 17.0 Å². The van der Waals surface area contributed by atoms with Gasteiger partial charge in [0, 0.05) is 24.5 Å². The van der Waals surface area contributed by atoms with E-state index < -0.39 is 0 Å². The van der Waals surface area contributed by atoms with Gasteiger partial charge in [-0.3, -0.25) is 4.79 Å².